The molecule has 14 heavy (non-hydrogen) atoms. The molecule has 0 fully saturated rings. The average Bonchev–Trinajstić information content (AvgIpc) is 2.22. The Kier molecular flexibility index (Phi) is 7.70. The van der Waals surface area contributed by atoms with E-state index in [1.807, 2.05) is 13.8 Å². The number of hydrogen-bond acceptors (Lipinski definition) is 4. The highest BCUT2D eigenvalue weighted by Gasteiger charge is 2.15. The minimum Gasteiger partial charge on any atom is -0.468 e. The van der Waals surface area contributed by atoms with E-state index in [4.69, 9.17) is 0 Å². The van der Waals surface area contributed by atoms with E-state index in [0.717, 1.165) is 0 Å². The zero-order valence-corrected chi connectivity index (χ0v) is 9.86. The third kappa shape index (κ3) is 5.34. The highest BCUT2D eigenvalue weighted by molar-refractivity contribution is 7.84. The summed E-state index contributed by atoms with van der Waals surface area (Å²) < 4.78 is 15.7. The molecule has 0 amide bonds. The van der Waals surface area contributed by atoms with E-state index in [0.29, 0.717) is 24.5 Å². The average molecular weight is 221 g/mol. The number of hydrogen-bond donors (Lipinski definition) is 1. The van der Waals surface area contributed by atoms with Gasteiger partial charge in [0.25, 0.3) is 0 Å². The lowest BCUT2D eigenvalue weighted by molar-refractivity contribution is -0.143. The second-order valence-corrected chi connectivity index (χ2v) is 4.74. The normalized spacial score (nSPS) is 14.8. The van der Waals surface area contributed by atoms with Crippen molar-refractivity contribution in [2.24, 2.45) is 0 Å². The van der Waals surface area contributed by atoms with Crippen molar-refractivity contribution in [1.29, 1.82) is 0 Å². The van der Waals surface area contributed by atoms with Gasteiger partial charge in [-0.05, 0) is 6.42 Å². The number of esters is 1. The molecule has 0 aliphatic carbocycles. The maximum atomic E-state index is 11.1. The Morgan fingerprint density at radius 3 is 2.57 bits per heavy atom. The molecule has 0 radical (unpaired) electrons. The lowest BCUT2D eigenvalue weighted by atomic mass is 10.2. The molecule has 0 saturated carbocycles. The highest BCUT2D eigenvalue weighted by atomic mass is 32.2. The molecular weight excluding hydrogens is 202 g/mol. The minimum absolute atomic E-state index is 0.255. The van der Waals surface area contributed by atoms with Crippen LogP contribution in [0.4, 0.5) is 0 Å². The number of carbonyl (C=O) groups is 1. The van der Waals surface area contributed by atoms with Crippen LogP contribution in [-0.2, 0) is 20.3 Å². The summed E-state index contributed by atoms with van der Waals surface area (Å²) in [7, 11) is 0.597. The van der Waals surface area contributed by atoms with Crippen LogP contribution in [0.15, 0.2) is 0 Å². The topological polar surface area (TPSA) is 55.4 Å². The molecule has 0 saturated heterocycles. The molecule has 5 heteroatoms. The molecule has 0 aliphatic heterocycles. The summed E-state index contributed by atoms with van der Waals surface area (Å²) in [6.45, 7) is 4.38. The maximum Gasteiger partial charge on any atom is 0.322 e. The van der Waals surface area contributed by atoms with E-state index in [1.165, 1.54) is 7.11 Å². The number of rotatable bonds is 7. The fraction of sp³-hybridized carbons (Fsp3) is 0.889. The van der Waals surface area contributed by atoms with Crippen LogP contribution in [0.25, 0.3) is 0 Å². The first-order valence-corrected chi connectivity index (χ1v) is 6.30. The summed E-state index contributed by atoms with van der Waals surface area (Å²) >= 11 is 0. The molecule has 2 unspecified atom stereocenters. The number of carbonyl (C=O) groups excluding carboxylic acids is 1. The lowest BCUT2D eigenvalue weighted by Gasteiger charge is -2.13. The molecule has 0 aromatic heterocycles. The van der Waals surface area contributed by atoms with Crippen LogP contribution in [0.3, 0.4) is 0 Å². The molecule has 2 atom stereocenters. The van der Waals surface area contributed by atoms with Gasteiger partial charge < -0.3 is 10.1 Å². The molecule has 1 N–H and O–H groups in total. The van der Waals surface area contributed by atoms with Crippen LogP contribution in [0.5, 0.6) is 0 Å². The summed E-state index contributed by atoms with van der Waals surface area (Å²) in [4.78, 5) is 11.1. The molecular formula is C9H19NO3S. The van der Waals surface area contributed by atoms with Gasteiger partial charge in [0.2, 0.25) is 0 Å². The van der Waals surface area contributed by atoms with Crippen molar-refractivity contribution in [1.82, 2.24) is 5.32 Å². The van der Waals surface area contributed by atoms with Crippen LogP contribution in [0, 0.1) is 0 Å². The van der Waals surface area contributed by atoms with Gasteiger partial charge in [0.05, 0.1) is 7.11 Å². The van der Waals surface area contributed by atoms with Crippen molar-refractivity contribution < 1.29 is 13.7 Å². The van der Waals surface area contributed by atoms with Gasteiger partial charge in [0.15, 0.2) is 0 Å². The molecule has 0 aliphatic rings. The van der Waals surface area contributed by atoms with Gasteiger partial charge >= 0.3 is 5.97 Å². The predicted molar refractivity (Wildman–Crippen MR) is 57.6 cm³/mol. The second kappa shape index (κ2) is 7.94. The van der Waals surface area contributed by atoms with E-state index < -0.39 is 10.8 Å². The molecule has 4 nitrogen and oxygen atoms in total. The zero-order valence-electron chi connectivity index (χ0n) is 9.04. The summed E-state index contributed by atoms with van der Waals surface area (Å²) in [6, 6.07) is -0.270. The Morgan fingerprint density at radius 1 is 1.50 bits per heavy atom. The summed E-state index contributed by atoms with van der Waals surface area (Å²) in [5, 5.41) is 3.02. The number of methoxy groups -OCH3 is 1. The van der Waals surface area contributed by atoms with Crippen LogP contribution >= 0.6 is 0 Å². The largest absolute Gasteiger partial charge is 0.468 e. The standard InChI is InChI=1S/C9H19NO3S/c1-4-8(9(11)13-3)10-6-7-14(12)5-2/h8,10H,4-7H2,1-3H3. The summed E-state index contributed by atoms with van der Waals surface area (Å²) in [5.74, 6) is 0.996. The van der Waals surface area contributed by atoms with Crippen LogP contribution in [-0.4, -0.2) is 41.4 Å². The number of ether oxygens (including phenoxy) is 1. The van der Waals surface area contributed by atoms with E-state index >= 15 is 0 Å². The van der Waals surface area contributed by atoms with Gasteiger partial charge in [-0.25, -0.2) is 0 Å². The molecule has 0 bridgehead atoms. The Hall–Kier alpha value is -0.420. The first-order valence-electron chi connectivity index (χ1n) is 4.81. The van der Waals surface area contributed by atoms with E-state index in [1.54, 1.807) is 0 Å². The fourth-order valence-electron chi connectivity index (χ4n) is 1.03. The van der Waals surface area contributed by atoms with Crippen LogP contribution in [0.2, 0.25) is 0 Å². The Morgan fingerprint density at radius 2 is 2.14 bits per heavy atom. The van der Waals surface area contributed by atoms with Gasteiger partial charge in [-0.2, -0.15) is 0 Å². The molecule has 0 aromatic rings. The Bertz CT molecular complexity index is 196. The van der Waals surface area contributed by atoms with Crippen molar-refractivity contribution in [3.8, 4) is 0 Å². The molecule has 84 valence electrons. The van der Waals surface area contributed by atoms with Crippen LogP contribution in [0.1, 0.15) is 20.3 Å². The van der Waals surface area contributed by atoms with Gasteiger partial charge in [-0.1, -0.05) is 13.8 Å². The zero-order chi connectivity index (χ0) is 11.0. The number of nitrogens with one attached hydrogen (secondary N) is 1. The highest BCUT2D eigenvalue weighted by Crippen LogP contribution is 1.93. The molecule has 0 spiro atoms. The van der Waals surface area contributed by atoms with Gasteiger partial charge in [-0.15, -0.1) is 0 Å². The molecule has 0 heterocycles. The second-order valence-electron chi connectivity index (χ2n) is 2.87. The SMILES string of the molecule is CCC(NCCS(=O)CC)C(=O)OC. The van der Waals surface area contributed by atoms with Crippen molar-refractivity contribution in [3.63, 3.8) is 0 Å². The minimum atomic E-state index is -0.775. The quantitative estimate of drug-likeness (QED) is 0.628. The lowest BCUT2D eigenvalue weighted by Crippen LogP contribution is -2.39. The first kappa shape index (κ1) is 13.6. The van der Waals surface area contributed by atoms with Crippen LogP contribution < -0.4 is 5.32 Å². The van der Waals surface area contributed by atoms with Gasteiger partial charge in [0, 0.05) is 28.9 Å². The van der Waals surface area contributed by atoms with E-state index in [-0.39, 0.29) is 12.0 Å². The van der Waals surface area contributed by atoms with Crippen molar-refractivity contribution in [3.05, 3.63) is 0 Å². The molecule has 0 aromatic carbocycles. The van der Waals surface area contributed by atoms with Crippen molar-refractivity contribution in [2.45, 2.75) is 26.3 Å². The first-order chi connectivity index (χ1) is 6.65. The van der Waals surface area contributed by atoms with Gasteiger partial charge in [-0.3, -0.25) is 9.00 Å². The third-order valence-corrected chi connectivity index (χ3v) is 3.24. The van der Waals surface area contributed by atoms with E-state index in [2.05, 4.69) is 10.1 Å². The van der Waals surface area contributed by atoms with E-state index in [9.17, 15) is 9.00 Å². The summed E-state index contributed by atoms with van der Waals surface area (Å²) in [5.41, 5.74) is 0. The summed E-state index contributed by atoms with van der Waals surface area (Å²) in [6.07, 6.45) is 0.686. The Balaban J connectivity index is 3.73. The van der Waals surface area contributed by atoms with Crippen molar-refractivity contribution >= 4 is 16.8 Å². The van der Waals surface area contributed by atoms with Gasteiger partial charge in [0.1, 0.15) is 6.04 Å². The monoisotopic (exact) mass is 221 g/mol. The fourth-order valence-corrected chi connectivity index (χ4v) is 1.66. The Labute approximate surface area is 87.9 Å². The molecule has 0 rings (SSSR count). The third-order valence-electron chi connectivity index (χ3n) is 1.94. The van der Waals surface area contributed by atoms with Crippen molar-refractivity contribution in [2.75, 3.05) is 25.2 Å². The predicted octanol–water partition coefficient (Wildman–Crippen LogP) is 0.296. The smallest absolute Gasteiger partial charge is 0.322 e. The maximum absolute atomic E-state index is 11.1.